The minimum atomic E-state index is -0.0808. The van der Waals surface area contributed by atoms with Gasteiger partial charge in [0, 0.05) is 32.3 Å². The standard InChI is InChI=1S/C20H31N3O2/c1-16(20(24)22-14-19-10-6-12-25-19)23-11-5-9-18(15-23)21-13-17-7-3-2-4-8-17/h2-4,7-8,16,18-19,21H,5-6,9-15H2,1H3,(H,22,24)/t16-,18-,19+/m1/s1. The van der Waals surface area contributed by atoms with Gasteiger partial charge in [-0.25, -0.2) is 0 Å². The van der Waals surface area contributed by atoms with Crippen molar-refractivity contribution >= 4 is 5.91 Å². The summed E-state index contributed by atoms with van der Waals surface area (Å²) in [6, 6.07) is 10.9. The summed E-state index contributed by atoms with van der Waals surface area (Å²) in [5.74, 6) is 0.124. The molecule has 0 radical (unpaired) electrons. The lowest BCUT2D eigenvalue weighted by Crippen LogP contribution is -2.53. The molecule has 0 saturated carbocycles. The average molecular weight is 345 g/mol. The van der Waals surface area contributed by atoms with Crippen molar-refractivity contribution in [1.82, 2.24) is 15.5 Å². The molecule has 1 aromatic carbocycles. The molecule has 25 heavy (non-hydrogen) atoms. The molecule has 2 aliphatic rings. The Morgan fingerprint density at radius 3 is 2.88 bits per heavy atom. The number of amides is 1. The number of hydrogen-bond acceptors (Lipinski definition) is 4. The second-order valence-electron chi connectivity index (χ2n) is 7.26. The van der Waals surface area contributed by atoms with E-state index in [-0.39, 0.29) is 18.1 Å². The molecular weight excluding hydrogens is 314 g/mol. The lowest BCUT2D eigenvalue weighted by Gasteiger charge is -2.36. The molecule has 3 atom stereocenters. The van der Waals surface area contributed by atoms with Crippen LogP contribution in [-0.4, -0.2) is 55.2 Å². The van der Waals surface area contributed by atoms with Gasteiger partial charge in [0.05, 0.1) is 12.1 Å². The SMILES string of the molecule is C[C@H](C(=O)NC[C@@H]1CCCO1)N1CCC[C@@H](NCc2ccccc2)C1. The molecule has 2 saturated heterocycles. The summed E-state index contributed by atoms with van der Waals surface area (Å²) in [7, 11) is 0. The summed E-state index contributed by atoms with van der Waals surface area (Å²) in [4.78, 5) is 14.8. The average Bonchev–Trinajstić information content (AvgIpc) is 3.18. The maximum Gasteiger partial charge on any atom is 0.237 e. The van der Waals surface area contributed by atoms with E-state index in [2.05, 4.69) is 39.8 Å². The summed E-state index contributed by atoms with van der Waals surface area (Å²) < 4.78 is 5.58. The highest BCUT2D eigenvalue weighted by Crippen LogP contribution is 2.15. The largest absolute Gasteiger partial charge is 0.376 e. The Labute approximate surface area is 151 Å². The highest BCUT2D eigenvalue weighted by Gasteiger charge is 2.27. The molecule has 1 amide bonds. The van der Waals surface area contributed by atoms with Crippen LogP contribution in [0, 0.1) is 0 Å². The maximum atomic E-state index is 12.5. The number of benzene rings is 1. The van der Waals surface area contributed by atoms with Crippen molar-refractivity contribution in [3.05, 3.63) is 35.9 Å². The normalized spacial score (nSPS) is 25.6. The molecule has 2 aliphatic heterocycles. The first kappa shape index (κ1) is 18.4. The topological polar surface area (TPSA) is 53.6 Å². The molecule has 0 unspecified atom stereocenters. The van der Waals surface area contributed by atoms with E-state index < -0.39 is 0 Å². The first-order valence-corrected chi connectivity index (χ1v) is 9.63. The van der Waals surface area contributed by atoms with Crippen molar-refractivity contribution in [3.63, 3.8) is 0 Å². The lowest BCUT2D eigenvalue weighted by atomic mass is 10.0. The summed E-state index contributed by atoms with van der Waals surface area (Å²) >= 11 is 0. The molecule has 0 aromatic heterocycles. The number of piperidine rings is 1. The molecule has 2 N–H and O–H groups in total. The van der Waals surface area contributed by atoms with Gasteiger partial charge in [-0.15, -0.1) is 0 Å². The van der Waals surface area contributed by atoms with Crippen LogP contribution in [0.25, 0.3) is 0 Å². The first-order chi connectivity index (χ1) is 12.2. The third-order valence-corrected chi connectivity index (χ3v) is 5.35. The number of rotatable bonds is 7. The molecule has 2 heterocycles. The Balaban J connectivity index is 1.42. The smallest absolute Gasteiger partial charge is 0.237 e. The number of nitrogens with one attached hydrogen (secondary N) is 2. The monoisotopic (exact) mass is 345 g/mol. The van der Waals surface area contributed by atoms with Gasteiger partial charge in [0.25, 0.3) is 0 Å². The van der Waals surface area contributed by atoms with Crippen LogP contribution in [0.2, 0.25) is 0 Å². The fourth-order valence-corrected chi connectivity index (χ4v) is 3.72. The summed E-state index contributed by atoms with van der Waals surface area (Å²) in [6.07, 6.45) is 4.68. The van der Waals surface area contributed by atoms with E-state index in [0.29, 0.717) is 12.6 Å². The van der Waals surface area contributed by atoms with Crippen molar-refractivity contribution in [2.45, 2.75) is 57.3 Å². The molecule has 0 aliphatic carbocycles. The number of carbonyl (C=O) groups excluding carboxylic acids is 1. The van der Waals surface area contributed by atoms with Crippen molar-refractivity contribution in [2.75, 3.05) is 26.2 Å². The molecule has 0 bridgehead atoms. The minimum Gasteiger partial charge on any atom is -0.376 e. The van der Waals surface area contributed by atoms with Gasteiger partial charge >= 0.3 is 0 Å². The summed E-state index contributed by atoms with van der Waals surface area (Å²) in [5, 5.41) is 6.71. The number of ether oxygens (including phenoxy) is 1. The molecular formula is C20H31N3O2. The van der Waals surface area contributed by atoms with Crippen LogP contribution in [-0.2, 0) is 16.1 Å². The van der Waals surface area contributed by atoms with E-state index in [1.54, 1.807) is 0 Å². The van der Waals surface area contributed by atoms with Gasteiger partial charge in [-0.1, -0.05) is 30.3 Å². The fraction of sp³-hybridized carbons (Fsp3) is 0.650. The van der Waals surface area contributed by atoms with Crippen molar-refractivity contribution in [1.29, 1.82) is 0 Å². The minimum absolute atomic E-state index is 0.0808. The first-order valence-electron chi connectivity index (χ1n) is 9.63. The van der Waals surface area contributed by atoms with Crippen molar-refractivity contribution < 1.29 is 9.53 Å². The van der Waals surface area contributed by atoms with Gasteiger partial charge < -0.3 is 15.4 Å². The molecule has 5 heteroatoms. The highest BCUT2D eigenvalue weighted by molar-refractivity contribution is 5.81. The van der Waals surface area contributed by atoms with E-state index in [1.807, 2.05) is 13.0 Å². The number of likely N-dealkylation sites (tertiary alicyclic amines) is 1. The second-order valence-corrected chi connectivity index (χ2v) is 7.26. The van der Waals surface area contributed by atoms with Gasteiger partial charge in [-0.3, -0.25) is 9.69 Å². The van der Waals surface area contributed by atoms with Crippen molar-refractivity contribution in [3.8, 4) is 0 Å². The molecule has 1 aromatic rings. The molecule has 0 spiro atoms. The number of hydrogen-bond donors (Lipinski definition) is 2. The van der Waals surface area contributed by atoms with E-state index in [4.69, 9.17) is 4.74 Å². The Morgan fingerprint density at radius 2 is 2.12 bits per heavy atom. The Bertz CT molecular complexity index is 531. The van der Waals surface area contributed by atoms with E-state index in [9.17, 15) is 4.79 Å². The van der Waals surface area contributed by atoms with Gasteiger partial charge in [0.1, 0.15) is 0 Å². The van der Waals surface area contributed by atoms with Crippen LogP contribution in [0.15, 0.2) is 30.3 Å². The Hall–Kier alpha value is -1.43. The van der Waals surface area contributed by atoms with Gasteiger partial charge in [0.15, 0.2) is 0 Å². The molecule has 3 rings (SSSR count). The quantitative estimate of drug-likeness (QED) is 0.793. The van der Waals surface area contributed by atoms with Gasteiger partial charge in [-0.05, 0) is 44.7 Å². The molecule has 2 fully saturated rings. The third-order valence-electron chi connectivity index (χ3n) is 5.35. The van der Waals surface area contributed by atoms with Crippen LogP contribution in [0.4, 0.5) is 0 Å². The third kappa shape index (κ3) is 5.53. The number of carbonyl (C=O) groups is 1. The Kier molecular flexibility index (Phi) is 6.84. The zero-order valence-electron chi connectivity index (χ0n) is 15.2. The lowest BCUT2D eigenvalue weighted by molar-refractivity contribution is -0.126. The van der Waals surface area contributed by atoms with Crippen LogP contribution in [0.3, 0.4) is 0 Å². The predicted octanol–water partition coefficient (Wildman–Crippen LogP) is 1.92. The highest BCUT2D eigenvalue weighted by atomic mass is 16.5. The maximum absolute atomic E-state index is 12.5. The second kappa shape index (κ2) is 9.32. The van der Waals surface area contributed by atoms with Crippen LogP contribution < -0.4 is 10.6 Å². The van der Waals surface area contributed by atoms with Crippen LogP contribution in [0.1, 0.15) is 38.2 Å². The van der Waals surface area contributed by atoms with Crippen LogP contribution in [0.5, 0.6) is 0 Å². The van der Waals surface area contributed by atoms with Gasteiger partial charge in [-0.2, -0.15) is 0 Å². The van der Waals surface area contributed by atoms with Crippen molar-refractivity contribution in [2.24, 2.45) is 0 Å². The predicted molar refractivity (Wildman–Crippen MR) is 99.3 cm³/mol. The van der Waals surface area contributed by atoms with Crippen LogP contribution >= 0.6 is 0 Å². The van der Waals surface area contributed by atoms with E-state index in [1.165, 1.54) is 12.0 Å². The Morgan fingerprint density at radius 1 is 1.28 bits per heavy atom. The van der Waals surface area contributed by atoms with Gasteiger partial charge in [0.2, 0.25) is 5.91 Å². The summed E-state index contributed by atoms with van der Waals surface area (Å²) in [5.41, 5.74) is 1.31. The molecule has 138 valence electrons. The number of nitrogens with zero attached hydrogens (tertiary/aromatic N) is 1. The fourth-order valence-electron chi connectivity index (χ4n) is 3.72. The molecule has 5 nitrogen and oxygen atoms in total. The van der Waals surface area contributed by atoms with E-state index in [0.717, 1.165) is 45.5 Å². The zero-order valence-corrected chi connectivity index (χ0v) is 15.2. The summed E-state index contributed by atoms with van der Waals surface area (Å²) in [6.45, 7) is 6.31. The zero-order chi connectivity index (χ0) is 17.5. The van der Waals surface area contributed by atoms with E-state index >= 15 is 0 Å².